The maximum atomic E-state index is 14.1. The molecule has 0 aliphatic heterocycles. The van der Waals surface area contributed by atoms with E-state index in [-0.39, 0.29) is 24.4 Å². The molecule has 0 atom stereocenters. The molecule has 1 saturated carbocycles. The van der Waals surface area contributed by atoms with Gasteiger partial charge in [0.25, 0.3) is 5.91 Å². The van der Waals surface area contributed by atoms with Gasteiger partial charge in [0, 0.05) is 36.6 Å². The maximum Gasteiger partial charge on any atom is 0.254 e. The predicted octanol–water partition coefficient (Wildman–Crippen LogP) is 8.26. The van der Waals surface area contributed by atoms with Gasteiger partial charge in [-0.25, -0.2) is 0 Å². The van der Waals surface area contributed by atoms with Gasteiger partial charge < -0.3 is 14.4 Å². The van der Waals surface area contributed by atoms with Crippen LogP contribution in [0.4, 0.5) is 0 Å². The minimum absolute atomic E-state index is 0.0318. The molecule has 0 spiro atoms. The summed E-state index contributed by atoms with van der Waals surface area (Å²) in [5.74, 6) is 0.0333. The summed E-state index contributed by atoms with van der Waals surface area (Å²) in [7, 11) is 0. The normalized spacial score (nSPS) is 13.7. The number of hydrogen-bond donors (Lipinski definition) is 0. The van der Waals surface area contributed by atoms with Crippen LogP contribution in [0.25, 0.3) is 0 Å². The molecular weight excluding hydrogens is 518 g/mol. The molecule has 5 nitrogen and oxygen atoms in total. The van der Waals surface area contributed by atoms with Gasteiger partial charge in [-0.1, -0.05) is 101 Å². The third kappa shape index (κ3) is 9.34. The number of aryl methyl sites for hydroxylation is 1. The van der Waals surface area contributed by atoms with Crippen LogP contribution in [0.3, 0.4) is 0 Å². The van der Waals surface area contributed by atoms with E-state index in [1.54, 1.807) is 0 Å². The summed E-state index contributed by atoms with van der Waals surface area (Å²) in [6.07, 6.45) is 15.4. The van der Waals surface area contributed by atoms with E-state index in [1.807, 2.05) is 23.1 Å². The van der Waals surface area contributed by atoms with Gasteiger partial charge in [0.15, 0.2) is 0 Å². The Morgan fingerprint density at radius 3 is 2.21 bits per heavy atom. The molecule has 3 aromatic rings. The molecule has 0 N–H and O–H groups in total. The van der Waals surface area contributed by atoms with Crippen molar-refractivity contribution < 1.29 is 9.59 Å². The van der Waals surface area contributed by atoms with E-state index in [1.165, 1.54) is 36.8 Å². The van der Waals surface area contributed by atoms with Crippen molar-refractivity contribution in [1.82, 2.24) is 14.4 Å². The molecule has 2 aromatic carbocycles. The number of carbonyl (C=O) groups is 2. The first kappa shape index (κ1) is 31.6. The lowest BCUT2D eigenvalue weighted by Gasteiger charge is -2.36. The lowest BCUT2D eigenvalue weighted by atomic mass is 9.94. The van der Waals surface area contributed by atoms with Crippen molar-refractivity contribution in [3.05, 3.63) is 95.3 Å². The smallest absolute Gasteiger partial charge is 0.254 e. The van der Waals surface area contributed by atoms with E-state index in [9.17, 15) is 9.59 Å². The van der Waals surface area contributed by atoms with E-state index < -0.39 is 0 Å². The van der Waals surface area contributed by atoms with Gasteiger partial charge in [-0.2, -0.15) is 0 Å². The first-order chi connectivity index (χ1) is 20.6. The first-order valence-electron chi connectivity index (χ1n) is 16.4. The van der Waals surface area contributed by atoms with Gasteiger partial charge in [-0.05, 0) is 67.5 Å². The Bertz CT molecular complexity index is 1210. The number of aromatic nitrogens is 1. The number of rotatable bonds is 16. The zero-order valence-corrected chi connectivity index (χ0v) is 26.0. The second-order valence-electron chi connectivity index (χ2n) is 12.0. The summed E-state index contributed by atoms with van der Waals surface area (Å²) in [5.41, 5.74) is 4.34. The Morgan fingerprint density at radius 1 is 0.786 bits per heavy atom. The van der Waals surface area contributed by atoms with Gasteiger partial charge in [-0.15, -0.1) is 0 Å². The Balaban J connectivity index is 1.50. The number of benzene rings is 2. The average Bonchev–Trinajstić information content (AvgIpc) is 3.46. The second-order valence-corrected chi connectivity index (χ2v) is 12.0. The third-order valence-corrected chi connectivity index (χ3v) is 8.70. The quantitative estimate of drug-likeness (QED) is 0.163. The van der Waals surface area contributed by atoms with Crippen molar-refractivity contribution in [2.24, 2.45) is 0 Å². The second kappa shape index (κ2) is 16.9. The molecule has 1 heterocycles. The molecule has 4 rings (SSSR count). The van der Waals surface area contributed by atoms with Crippen molar-refractivity contribution >= 4 is 11.8 Å². The number of unbranched alkanes of at least 4 members (excludes halogenated alkanes) is 4. The summed E-state index contributed by atoms with van der Waals surface area (Å²) in [6.45, 7) is 6.49. The van der Waals surface area contributed by atoms with Crippen LogP contribution in [-0.4, -0.2) is 45.3 Å². The number of nitrogens with zero attached hydrogens (tertiary/aromatic N) is 3. The van der Waals surface area contributed by atoms with Crippen LogP contribution >= 0.6 is 0 Å². The number of amides is 2. The number of hydrogen-bond acceptors (Lipinski definition) is 2. The molecule has 1 aliphatic rings. The molecule has 2 amide bonds. The highest BCUT2D eigenvalue weighted by molar-refractivity contribution is 5.96. The van der Waals surface area contributed by atoms with Crippen molar-refractivity contribution in [2.75, 3.05) is 13.1 Å². The Labute approximate surface area is 253 Å². The third-order valence-electron chi connectivity index (χ3n) is 8.70. The molecule has 0 saturated heterocycles. The highest BCUT2D eigenvalue weighted by atomic mass is 16.2. The zero-order chi connectivity index (χ0) is 29.6. The molecule has 1 fully saturated rings. The van der Waals surface area contributed by atoms with Crippen molar-refractivity contribution in [3.8, 4) is 0 Å². The SMILES string of the molecule is CCCCCc1ccc(C(=O)N(CCCCC)CC(=O)N(Cc2cccn2Cc2ccccc2)C2CCCCC2)cc1. The lowest BCUT2D eigenvalue weighted by molar-refractivity contribution is -0.135. The topological polar surface area (TPSA) is 45.6 Å². The fourth-order valence-electron chi connectivity index (χ4n) is 6.15. The molecule has 226 valence electrons. The van der Waals surface area contributed by atoms with Crippen LogP contribution in [0, 0.1) is 0 Å². The molecule has 1 aromatic heterocycles. The monoisotopic (exact) mass is 569 g/mol. The summed E-state index contributed by atoms with van der Waals surface area (Å²) >= 11 is 0. The molecule has 42 heavy (non-hydrogen) atoms. The summed E-state index contributed by atoms with van der Waals surface area (Å²) < 4.78 is 2.25. The van der Waals surface area contributed by atoms with E-state index in [0.717, 1.165) is 63.6 Å². The highest BCUT2D eigenvalue weighted by Gasteiger charge is 2.29. The minimum Gasteiger partial charge on any atom is -0.345 e. The van der Waals surface area contributed by atoms with Gasteiger partial charge in [0.1, 0.15) is 6.54 Å². The standard InChI is InChI=1S/C37H51N3O2/c1-3-5-9-16-31-22-24-33(25-23-31)37(42)39(26-14-6-4-2)30-36(41)40(34-19-12-8-13-20-34)29-35-21-15-27-38(35)28-32-17-10-7-11-18-32/h7,10-11,15,17-18,21-25,27,34H,3-6,8-9,12-14,16,19-20,26,28-30H2,1-2H3. The summed E-state index contributed by atoms with van der Waals surface area (Å²) in [6, 6.07) is 23.0. The van der Waals surface area contributed by atoms with E-state index in [0.29, 0.717) is 18.7 Å². The largest absolute Gasteiger partial charge is 0.345 e. The average molecular weight is 570 g/mol. The Kier molecular flexibility index (Phi) is 12.7. The van der Waals surface area contributed by atoms with Crippen LogP contribution in [0.1, 0.15) is 112 Å². The van der Waals surface area contributed by atoms with Crippen LogP contribution in [-0.2, 0) is 24.3 Å². The minimum atomic E-state index is -0.0318. The van der Waals surface area contributed by atoms with Gasteiger partial charge in [-0.3, -0.25) is 9.59 Å². The van der Waals surface area contributed by atoms with Crippen LogP contribution in [0.2, 0.25) is 0 Å². The van der Waals surface area contributed by atoms with Gasteiger partial charge >= 0.3 is 0 Å². The Morgan fingerprint density at radius 2 is 1.50 bits per heavy atom. The van der Waals surface area contributed by atoms with Gasteiger partial charge in [0.2, 0.25) is 5.91 Å². The molecule has 5 heteroatoms. The summed E-state index contributed by atoms with van der Waals surface area (Å²) in [4.78, 5) is 31.8. The van der Waals surface area contributed by atoms with Crippen LogP contribution in [0.15, 0.2) is 72.9 Å². The lowest BCUT2D eigenvalue weighted by Crippen LogP contribution is -2.47. The molecule has 1 aliphatic carbocycles. The van der Waals surface area contributed by atoms with E-state index >= 15 is 0 Å². The van der Waals surface area contributed by atoms with Crippen molar-refractivity contribution in [2.45, 2.75) is 110 Å². The summed E-state index contributed by atoms with van der Waals surface area (Å²) in [5, 5.41) is 0. The van der Waals surface area contributed by atoms with E-state index in [2.05, 4.69) is 78.0 Å². The van der Waals surface area contributed by atoms with Crippen molar-refractivity contribution in [3.63, 3.8) is 0 Å². The molecular formula is C37H51N3O2. The molecule has 0 unspecified atom stereocenters. The molecule has 0 radical (unpaired) electrons. The van der Waals surface area contributed by atoms with E-state index in [4.69, 9.17) is 0 Å². The highest BCUT2D eigenvalue weighted by Crippen LogP contribution is 2.25. The fourth-order valence-corrected chi connectivity index (χ4v) is 6.15. The fraction of sp³-hybridized carbons (Fsp3) is 0.514. The first-order valence-corrected chi connectivity index (χ1v) is 16.4. The van der Waals surface area contributed by atoms with Crippen LogP contribution in [0.5, 0.6) is 0 Å². The van der Waals surface area contributed by atoms with Crippen LogP contribution < -0.4 is 0 Å². The van der Waals surface area contributed by atoms with Crippen molar-refractivity contribution in [1.29, 1.82) is 0 Å². The zero-order valence-electron chi connectivity index (χ0n) is 26.0. The maximum absolute atomic E-state index is 14.1. The molecule has 0 bridgehead atoms. The predicted molar refractivity (Wildman–Crippen MR) is 172 cm³/mol. The van der Waals surface area contributed by atoms with Gasteiger partial charge in [0.05, 0.1) is 6.54 Å². The number of carbonyl (C=O) groups excluding carboxylic acids is 2. The Hall–Kier alpha value is -3.34.